The van der Waals surface area contributed by atoms with Crippen molar-refractivity contribution in [3.05, 3.63) is 12.4 Å². The van der Waals surface area contributed by atoms with Crippen molar-refractivity contribution in [2.24, 2.45) is 5.84 Å². The van der Waals surface area contributed by atoms with Gasteiger partial charge in [0.25, 0.3) is 0 Å². The lowest BCUT2D eigenvalue weighted by Gasteiger charge is -2.13. The average molecular weight is 287 g/mol. The Morgan fingerprint density at radius 3 is 2.58 bits per heavy atom. The lowest BCUT2D eigenvalue weighted by Crippen LogP contribution is -2.33. The molecule has 0 aromatic carbocycles. The van der Waals surface area contributed by atoms with Crippen molar-refractivity contribution in [3.63, 3.8) is 0 Å². The summed E-state index contributed by atoms with van der Waals surface area (Å²) in [4.78, 5) is 7.58. The zero-order valence-electron chi connectivity index (χ0n) is 10.5. The van der Waals surface area contributed by atoms with Gasteiger partial charge in [0, 0.05) is 13.2 Å². The number of sulfonamides is 1. The fraction of sp³-hybridized carbons (Fsp3) is 0.600. The summed E-state index contributed by atoms with van der Waals surface area (Å²) >= 11 is 0. The fourth-order valence-corrected chi connectivity index (χ4v) is 3.25. The number of aromatic nitrogens is 2. The molecule has 1 fully saturated rings. The predicted molar refractivity (Wildman–Crippen MR) is 68.6 cm³/mol. The van der Waals surface area contributed by atoms with Crippen LogP contribution >= 0.6 is 0 Å². The number of nitrogens with one attached hydrogen (secondary N) is 2. The van der Waals surface area contributed by atoms with Crippen molar-refractivity contribution < 1.29 is 13.2 Å². The summed E-state index contributed by atoms with van der Waals surface area (Å²) in [6, 6.07) is -0.109. The number of methoxy groups -OCH3 is 1. The number of nitrogens with zero attached hydrogens (tertiary/aromatic N) is 2. The van der Waals surface area contributed by atoms with Crippen molar-refractivity contribution in [2.45, 2.75) is 36.3 Å². The first-order valence-electron chi connectivity index (χ1n) is 5.89. The summed E-state index contributed by atoms with van der Waals surface area (Å²) in [6.07, 6.45) is 4.85. The van der Waals surface area contributed by atoms with Gasteiger partial charge < -0.3 is 4.74 Å². The maximum Gasteiger partial charge on any atom is 0.243 e. The van der Waals surface area contributed by atoms with E-state index in [0.717, 1.165) is 12.8 Å². The highest BCUT2D eigenvalue weighted by Crippen LogP contribution is 2.23. The Balaban J connectivity index is 2.05. The van der Waals surface area contributed by atoms with E-state index in [-0.39, 0.29) is 23.0 Å². The van der Waals surface area contributed by atoms with Gasteiger partial charge in [0.1, 0.15) is 4.90 Å². The predicted octanol–water partition coefficient (Wildman–Crippen LogP) is -0.392. The third-order valence-electron chi connectivity index (χ3n) is 3.11. The molecule has 1 aromatic heterocycles. The summed E-state index contributed by atoms with van der Waals surface area (Å²) < 4.78 is 32.0. The van der Waals surface area contributed by atoms with E-state index >= 15 is 0 Å². The maximum absolute atomic E-state index is 12.1. The second-order valence-electron chi connectivity index (χ2n) is 4.38. The van der Waals surface area contributed by atoms with Gasteiger partial charge in [-0.2, -0.15) is 0 Å². The zero-order chi connectivity index (χ0) is 13.9. The van der Waals surface area contributed by atoms with Crippen LogP contribution in [0.2, 0.25) is 0 Å². The van der Waals surface area contributed by atoms with E-state index in [9.17, 15) is 8.42 Å². The molecule has 0 aliphatic heterocycles. The first-order valence-corrected chi connectivity index (χ1v) is 7.37. The standard InChI is InChI=1S/C10H17N5O3S/c1-18-8-3-2-7(4-8)15-19(16,17)9-5-12-10(14-11)13-6-9/h5-8,15H,2-4,11H2,1H3,(H,12,13,14). The van der Waals surface area contributed by atoms with Gasteiger partial charge >= 0.3 is 0 Å². The van der Waals surface area contributed by atoms with Crippen LogP contribution in [-0.4, -0.2) is 37.6 Å². The summed E-state index contributed by atoms with van der Waals surface area (Å²) in [6.45, 7) is 0. The highest BCUT2D eigenvalue weighted by atomic mass is 32.2. The minimum absolute atomic E-state index is 0.0207. The Hall–Kier alpha value is -1.29. The topological polar surface area (TPSA) is 119 Å². The van der Waals surface area contributed by atoms with Crippen LogP contribution in [0, 0.1) is 0 Å². The highest BCUT2D eigenvalue weighted by molar-refractivity contribution is 7.89. The molecular weight excluding hydrogens is 270 g/mol. The van der Waals surface area contributed by atoms with Crippen LogP contribution in [0.15, 0.2) is 17.3 Å². The number of hydrazine groups is 1. The third kappa shape index (κ3) is 3.38. The molecule has 2 unspecified atom stereocenters. The molecule has 1 aromatic rings. The van der Waals surface area contributed by atoms with Crippen LogP contribution in [0.4, 0.5) is 5.95 Å². The number of nitrogens with two attached hydrogens (primary N) is 1. The van der Waals surface area contributed by atoms with Crippen LogP contribution in [0.25, 0.3) is 0 Å². The molecule has 0 radical (unpaired) electrons. The van der Waals surface area contributed by atoms with Gasteiger partial charge in [-0.05, 0) is 19.3 Å². The number of hydrogen-bond acceptors (Lipinski definition) is 7. The van der Waals surface area contributed by atoms with E-state index < -0.39 is 10.0 Å². The second-order valence-corrected chi connectivity index (χ2v) is 6.09. The Labute approximate surface area is 111 Å². The number of anilines is 1. The monoisotopic (exact) mass is 287 g/mol. The van der Waals surface area contributed by atoms with Gasteiger partial charge in [0.2, 0.25) is 16.0 Å². The summed E-state index contributed by atoms with van der Waals surface area (Å²) in [7, 11) is -1.97. The number of nitrogen functional groups attached to an aromatic ring is 1. The molecule has 1 saturated carbocycles. The van der Waals surface area contributed by atoms with Gasteiger partial charge in [0.05, 0.1) is 18.5 Å². The molecule has 2 atom stereocenters. The van der Waals surface area contributed by atoms with Crippen LogP contribution in [0.3, 0.4) is 0 Å². The van der Waals surface area contributed by atoms with Crippen LogP contribution < -0.4 is 16.0 Å². The van der Waals surface area contributed by atoms with Gasteiger partial charge in [0.15, 0.2) is 0 Å². The molecule has 0 amide bonds. The van der Waals surface area contributed by atoms with E-state index in [1.54, 1.807) is 7.11 Å². The van der Waals surface area contributed by atoms with Crippen molar-refractivity contribution in [1.29, 1.82) is 0 Å². The molecule has 106 valence electrons. The molecule has 1 heterocycles. The lowest BCUT2D eigenvalue weighted by atomic mass is 10.3. The van der Waals surface area contributed by atoms with E-state index in [0.29, 0.717) is 6.42 Å². The van der Waals surface area contributed by atoms with Crippen LogP contribution in [-0.2, 0) is 14.8 Å². The highest BCUT2D eigenvalue weighted by Gasteiger charge is 2.28. The fourth-order valence-electron chi connectivity index (χ4n) is 2.08. The molecule has 8 nitrogen and oxygen atoms in total. The molecule has 9 heteroatoms. The number of hydrogen-bond donors (Lipinski definition) is 3. The molecule has 19 heavy (non-hydrogen) atoms. The largest absolute Gasteiger partial charge is 0.381 e. The Morgan fingerprint density at radius 1 is 1.37 bits per heavy atom. The van der Waals surface area contributed by atoms with Gasteiger partial charge in [-0.3, -0.25) is 5.43 Å². The minimum atomic E-state index is -3.60. The normalized spacial score (nSPS) is 23.5. The third-order valence-corrected chi connectivity index (χ3v) is 4.58. The first-order chi connectivity index (χ1) is 9.05. The minimum Gasteiger partial charge on any atom is -0.381 e. The van der Waals surface area contributed by atoms with Crippen molar-refractivity contribution in [2.75, 3.05) is 12.5 Å². The van der Waals surface area contributed by atoms with Crippen molar-refractivity contribution in [1.82, 2.24) is 14.7 Å². The molecule has 2 rings (SSSR count). The van der Waals surface area contributed by atoms with E-state index in [1.807, 2.05) is 0 Å². The van der Waals surface area contributed by atoms with Gasteiger partial charge in [-0.1, -0.05) is 0 Å². The Bertz CT molecular complexity index is 518. The van der Waals surface area contributed by atoms with E-state index in [1.165, 1.54) is 12.4 Å². The summed E-state index contributed by atoms with van der Waals surface area (Å²) in [5.74, 6) is 5.28. The molecular formula is C10H17N5O3S. The molecule has 0 bridgehead atoms. The smallest absolute Gasteiger partial charge is 0.243 e. The average Bonchev–Trinajstić information content (AvgIpc) is 2.85. The quantitative estimate of drug-likeness (QED) is 0.498. The molecule has 0 spiro atoms. The lowest BCUT2D eigenvalue weighted by molar-refractivity contribution is 0.107. The van der Waals surface area contributed by atoms with Crippen molar-refractivity contribution >= 4 is 16.0 Å². The summed E-state index contributed by atoms with van der Waals surface area (Å²) in [5.41, 5.74) is 2.24. The Kier molecular flexibility index (Phi) is 4.30. The van der Waals surface area contributed by atoms with Crippen LogP contribution in [0.5, 0.6) is 0 Å². The van der Waals surface area contributed by atoms with Crippen LogP contribution in [0.1, 0.15) is 19.3 Å². The first kappa shape index (κ1) is 14.1. The molecule has 4 N–H and O–H groups in total. The van der Waals surface area contributed by atoms with Gasteiger partial charge in [-0.15, -0.1) is 0 Å². The second kappa shape index (κ2) is 5.78. The zero-order valence-corrected chi connectivity index (χ0v) is 11.4. The summed E-state index contributed by atoms with van der Waals surface area (Å²) in [5, 5.41) is 0. The molecule has 1 aliphatic carbocycles. The molecule has 1 aliphatic rings. The number of rotatable bonds is 5. The molecule has 0 saturated heterocycles. The maximum atomic E-state index is 12.1. The van der Waals surface area contributed by atoms with E-state index in [4.69, 9.17) is 10.6 Å². The Morgan fingerprint density at radius 2 is 2.05 bits per heavy atom. The van der Waals surface area contributed by atoms with Crippen molar-refractivity contribution in [3.8, 4) is 0 Å². The number of ether oxygens (including phenoxy) is 1. The SMILES string of the molecule is COC1CCC(NS(=O)(=O)c2cnc(NN)nc2)C1. The van der Waals surface area contributed by atoms with E-state index in [2.05, 4.69) is 20.1 Å². The van der Waals surface area contributed by atoms with Gasteiger partial charge in [-0.25, -0.2) is 29.0 Å².